The maximum Gasteiger partial charge on any atom is 0.230 e. The molecule has 0 spiro atoms. The van der Waals surface area contributed by atoms with Gasteiger partial charge >= 0.3 is 0 Å². The second-order valence-electron chi connectivity index (χ2n) is 5.37. The Morgan fingerprint density at radius 2 is 2.19 bits per heavy atom. The van der Waals surface area contributed by atoms with E-state index in [2.05, 4.69) is 15.3 Å². The van der Waals surface area contributed by atoms with Crippen molar-refractivity contribution in [3.05, 3.63) is 58.6 Å². The number of benzene rings is 1. The second kappa shape index (κ2) is 5.45. The van der Waals surface area contributed by atoms with E-state index in [-0.39, 0.29) is 5.91 Å². The standard InChI is InChI=1S/C16H16ClN3O/c1-11-18-8-5-14(20-11)10-19-15(21)16(6-7-16)12-3-2-4-13(17)9-12/h2-5,8-9H,6-7,10H2,1H3,(H,19,21). The molecular formula is C16H16ClN3O. The Morgan fingerprint density at radius 3 is 2.86 bits per heavy atom. The van der Waals surface area contributed by atoms with Gasteiger partial charge in [-0.05, 0) is 43.5 Å². The number of hydrogen-bond acceptors (Lipinski definition) is 3. The molecule has 1 saturated carbocycles. The maximum absolute atomic E-state index is 12.5. The van der Waals surface area contributed by atoms with E-state index in [1.165, 1.54) is 0 Å². The van der Waals surface area contributed by atoms with Gasteiger partial charge in [-0.2, -0.15) is 0 Å². The number of nitrogens with zero attached hydrogens (tertiary/aromatic N) is 2. The first-order valence-corrected chi connectivity index (χ1v) is 7.31. The first-order chi connectivity index (χ1) is 10.1. The maximum atomic E-state index is 12.5. The third-order valence-corrected chi connectivity index (χ3v) is 4.06. The van der Waals surface area contributed by atoms with E-state index >= 15 is 0 Å². The summed E-state index contributed by atoms with van der Waals surface area (Å²) in [6, 6.07) is 9.37. The van der Waals surface area contributed by atoms with E-state index in [1.807, 2.05) is 37.3 Å². The Hall–Kier alpha value is -1.94. The fourth-order valence-corrected chi connectivity index (χ4v) is 2.69. The molecule has 21 heavy (non-hydrogen) atoms. The van der Waals surface area contributed by atoms with Gasteiger partial charge in [0.2, 0.25) is 5.91 Å². The molecular weight excluding hydrogens is 286 g/mol. The Labute approximate surface area is 128 Å². The molecule has 5 heteroatoms. The van der Waals surface area contributed by atoms with Crippen LogP contribution in [0.1, 0.15) is 29.9 Å². The Kier molecular flexibility index (Phi) is 3.64. The minimum absolute atomic E-state index is 0.0426. The molecule has 1 aliphatic carbocycles. The van der Waals surface area contributed by atoms with Crippen molar-refractivity contribution in [1.82, 2.24) is 15.3 Å². The molecule has 4 nitrogen and oxygen atoms in total. The number of nitrogens with one attached hydrogen (secondary N) is 1. The first kappa shape index (κ1) is 14.0. The molecule has 2 aromatic rings. The Morgan fingerprint density at radius 1 is 1.38 bits per heavy atom. The molecule has 1 N–H and O–H groups in total. The van der Waals surface area contributed by atoms with Crippen LogP contribution in [-0.2, 0) is 16.8 Å². The zero-order valence-electron chi connectivity index (χ0n) is 11.8. The summed E-state index contributed by atoms with van der Waals surface area (Å²) >= 11 is 6.03. The van der Waals surface area contributed by atoms with Crippen LogP contribution in [0.5, 0.6) is 0 Å². The summed E-state index contributed by atoms with van der Waals surface area (Å²) in [5, 5.41) is 3.64. The van der Waals surface area contributed by atoms with Gasteiger partial charge in [0.1, 0.15) is 5.82 Å². The number of hydrogen-bond donors (Lipinski definition) is 1. The van der Waals surface area contributed by atoms with Gasteiger partial charge in [0.25, 0.3) is 0 Å². The van der Waals surface area contributed by atoms with Crippen molar-refractivity contribution in [1.29, 1.82) is 0 Å². The smallest absolute Gasteiger partial charge is 0.230 e. The van der Waals surface area contributed by atoms with Crippen molar-refractivity contribution < 1.29 is 4.79 Å². The van der Waals surface area contributed by atoms with Gasteiger partial charge in [0.05, 0.1) is 17.7 Å². The zero-order chi connectivity index (χ0) is 14.9. The van der Waals surface area contributed by atoms with Gasteiger partial charge < -0.3 is 5.32 Å². The van der Waals surface area contributed by atoms with Gasteiger partial charge in [-0.3, -0.25) is 4.79 Å². The van der Waals surface area contributed by atoms with Crippen molar-refractivity contribution in [2.75, 3.05) is 0 Å². The molecule has 1 amide bonds. The van der Waals surface area contributed by atoms with E-state index in [0.29, 0.717) is 17.4 Å². The summed E-state index contributed by atoms with van der Waals surface area (Å²) in [6.45, 7) is 2.25. The average molecular weight is 302 g/mol. The number of amides is 1. The van der Waals surface area contributed by atoms with Crippen molar-refractivity contribution in [3.63, 3.8) is 0 Å². The Bertz CT molecular complexity index is 683. The molecule has 1 heterocycles. The van der Waals surface area contributed by atoms with Crippen LogP contribution in [0, 0.1) is 6.92 Å². The van der Waals surface area contributed by atoms with E-state index in [9.17, 15) is 4.79 Å². The molecule has 1 aromatic carbocycles. The molecule has 0 radical (unpaired) electrons. The van der Waals surface area contributed by atoms with Crippen LogP contribution >= 0.6 is 11.6 Å². The number of aryl methyl sites for hydroxylation is 1. The van der Waals surface area contributed by atoms with E-state index in [4.69, 9.17) is 11.6 Å². The summed E-state index contributed by atoms with van der Waals surface area (Å²) in [7, 11) is 0. The highest BCUT2D eigenvalue weighted by Crippen LogP contribution is 2.48. The van der Waals surface area contributed by atoms with Crippen LogP contribution < -0.4 is 5.32 Å². The summed E-state index contributed by atoms with van der Waals surface area (Å²) in [5.74, 6) is 0.749. The molecule has 0 atom stereocenters. The predicted molar refractivity (Wildman–Crippen MR) is 81.0 cm³/mol. The van der Waals surface area contributed by atoms with Gasteiger partial charge in [0, 0.05) is 11.2 Å². The third kappa shape index (κ3) is 2.90. The zero-order valence-corrected chi connectivity index (χ0v) is 12.5. The van der Waals surface area contributed by atoms with E-state index in [1.54, 1.807) is 6.20 Å². The normalized spacial score (nSPS) is 15.5. The third-order valence-electron chi connectivity index (χ3n) is 3.83. The van der Waals surface area contributed by atoms with Crippen LogP contribution in [0.4, 0.5) is 0 Å². The largest absolute Gasteiger partial charge is 0.350 e. The monoisotopic (exact) mass is 301 g/mol. The lowest BCUT2D eigenvalue weighted by atomic mass is 9.95. The SMILES string of the molecule is Cc1nccc(CNC(=O)C2(c3cccc(Cl)c3)CC2)n1. The van der Waals surface area contributed by atoms with Crippen molar-refractivity contribution in [2.24, 2.45) is 0 Å². The number of carbonyl (C=O) groups is 1. The van der Waals surface area contributed by atoms with Crippen molar-refractivity contribution in [3.8, 4) is 0 Å². The quantitative estimate of drug-likeness (QED) is 0.945. The van der Waals surface area contributed by atoms with Crippen LogP contribution in [0.2, 0.25) is 5.02 Å². The molecule has 1 fully saturated rings. The van der Waals surface area contributed by atoms with E-state index < -0.39 is 5.41 Å². The number of carbonyl (C=O) groups excluding carboxylic acids is 1. The molecule has 0 unspecified atom stereocenters. The van der Waals surface area contributed by atoms with Gasteiger partial charge in [-0.15, -0.1) is 0 Å². The highest BCUT2D eigenvalue weighted by Gasteiger charge is 2.51. The molecule has 1 aliphatic rings. The summed E-state index contributed by atoms with van der Waals surface area (Å²) in [5.41, 5.74) is 1.40. The fraction of sp³-hybridized carbons (Fsp3) is 0.312. The molecule has 1 aromatic heterocycles. The summed E-state index contributed by atoms with van der Waals surface area (Å²) in [4.78, 5) is 20.8. The molecule has 108 valence electrons. The van der Waals surface area contributed by atoms with E-state index in [0.717, 1.165) is 24.1 Å². The van der Waals surface area contributed by atoms with Gasteiger partial charge in [-0.1, -0.05) is 23.7 Å². The second-order valence-corrected chi connectivity index (χ2v) is 5.81. The Balaban J connectivity index is 1.71. The highest BCUT2D eigenvalue weighted by molar-refractivity contribution is 6.30. The lowest BCUT2D eigenvalue weighted by Gasteiger charge is -2.16. The topological polar surface area (TPSA) is 54.9 Å². The molecule has 3 rings (SSSR count). The number of rotatable bonds is 4. The van der Waals surface area contributed by atoms with Crippen LogP contribution in [-0.4, -0.2) is 15.9 Å². The van der Waals surface area contributed by atoms with Crippen LogP contribution in [0.15, 0.2) is 36.5 Å². The van der Waals surface area contributed by atoms with Crippen molar-refractivity contribution >= 4 is 17.5 Å². The summed E-state index contributed by atoms with van der Waals surface area (Å²) < 4.78 is 0. The molecule has 0 saturated heterocycles. The number of halogens is 1. The molecule has 0 bridgehead atoms. The fourth-order valence-electron chi connectivity index (χ4n) is 2.50. The van der Waals surface area contributed by atoms with Crippen LogP contribution in [0.25, 0.3) is 0 Å². The molecule has 0 aliphatic heterocycles. The lowest BCUT2D eigenvalue weighted by molar-refractivity contribution is -0.123. The average Bonchev–Trinajstić information content (AvgIpc) is 3.26. The van der Waals surface area contributed by atoms with Crippen molar-refractivity contribution in [2.45, 2.75) is 31.7 Å². The summed E-state index contributed by atoms with van der Waals surface area (Å²) in [6.07, 6.45) is 3.43. The van der Waals surface area contributed by atoms with Crippen LogP contribution in [0.3, 0.4) is 0 Å². The minimum atomic E-state index is -0.410. The predicted octanol–water partition coefficient (Wildman–Crippen LogP) is 2.79. The minimum Gasteiger partial charge on any atom is -0.350 e. The van der Waals surface area contributed by atoms with Gasteiger partial charge in [-0.25, -0.2) is 9.97 Å². The number of aromatic nitrogens is 2. The first-order valence-electron chi connectivity index (χ1n) is 6.93. The highest BCUT2D eigenvalue weighted by atomic mass is 35.5. The van der Waals surface area contributed by atoms with Gasteiger partial charge in [0.15, 0.2) is 0 Å². The lowest BCUT2D eigenvalue weighted by Crippen LogP contribution is -2.34.